The molecular formula is C13H28N4. The molecule has 0 spiro atoms. The van der Waals surface area contributed by atoms with Crippen molar-refractivity contribution in [2.45, 2.75) is 39.7 Å². The van der Waals surface area contributed by atoms with Crippen LogP contribution in [-0.2, 0) is 0 Å². The van der Waals surface area contributed by atoms with E-state index < -0.39 is 0 Å². The fourth-order valence-corrected chi connectivity index (χ4v) is 1.97. The van der Waals surface area contributed by atoms with Crippen LogP contribution in [-0.4, -0.2) is 50.1 Å². The zero-order chi connectivity index (χ0) is 12.7. The molecule has 0 bridgehead atoms. The van der Waals surface area contributed by atoms with Crippen LogP contribution in [0.4, 0.5) is 0 Å². The molecule has 0 amide bonds. The summed E-state index contributed by atoms with van der Waals surface area (Å²) >= 11 is 0. The third-order valence-corrected chi connectivity index (χ3v) is 3.36. The largest absolute Gasteiger partial charge is 0.355 e. The Morgan fingerprint density at radius 3 is 2.53 bits per heavy atom. The number of nitrogens with zero attached hydrogens (tertiary/aromatic N) is 2. The molecule has 1 aliphatic rings. The monoisotopic (exact) mass is 240 g/mol. The van der Waals surface area contributed by atoms with Crippen LogP contribution in [0, 0.1) is 5.92 Å². The van der Waals surface area contributed by atoms with Gasteiger partial charge in [-0.3, -0.25) is 4.99 Å². The van der Waals surface area contributed by atoms with Crippen LogP contribution in [0.3, 0.4) is 0 Å². The molecule has 0 aromatic carbocycles. The maximum atomic E-state index is 4.25. The highest BCUT2D eigenvalue weighted by Crippen LogP contribution is 2.28. The fraction of sp³-hybridized carbons (Fsp3) is 0.923. The molecule has 0 aromatic rings. The third kappa shape index (κ3) is 5.39. The van der Waals surface area contributed by atoms with Crippen molar-refractivity contribution in [2.24, 2.45) is 10.9 Å². The van der Waals surface area contributed by atoms with Crippen LogP contribution < -0.4 is 10.6 Å². The van der Waals surface area contributed by atoms with Crippen LogP contribution >= 0.6 is 0 Å². The molecule has 1 rings (SSSR count). The third-order valence-electron chi connectivity index (χ3n) is 3.36. The first-order valence-corrected chi connectivity index (χ1v) is 6.90. The zero-order valence-corrected chi connectivity index (χ0v) is 11.8. The van der Waals surface area contributed by atoms with Crippen molar-refractivity contribution in [3.8, 4) is 0 Å². The lowest BCUT2D eigenvalue weighted by molar-refractivity contribution is 0.293. The Kier molecular flexibility index (Phi) is 6.34. The Labute approximate surface area is 106 Å². The molecule has 0 aromatic heterocycles. The van der Waals surface area contributed by atoms with E-state index in [1.54, 1.807) is 0 Å². The highest BCUT2D eigenvalue weighted by atomic mass is 15.2. The standard InChI is InChI=1S/C13H28N4/c1-5-8-17(6-2)9-7-15-13(14-4)16-12-10-11(12)3/h11-12H,5-10H2,1-4H3,(H2,14,15,16). The van der Waals surface area contributed by atoms with E-state index in [9.17, 15) is 0 Å². The summed E-state index contributed by atoms with van der Waals surface area (Å²) in [6.07, 6.45) is 2.50. The van der Waals surface area contributed by atoms with Gasteiger partial charge in [0.05, 0.1) is 0 Å². The van der Waals surface area contributed by atoms with E-state index in [1.165, 1.54) is 19.4 Å². The topological polar surface area (TPSA) is 39.7 Å². The van der Waals surface area contributed by atoms with Gasteiger partial charge in [-0.15, -0.1) is 0 Å². The van der Waals surface area contributed by atoms with Crippen LogP contribution in [0.5, 0.6) is 0 Å². The smallest absolute Gasteiger partial charge is 0.191 e. The SMILES string of the molecule is CCCN(CC)CCNC(=NC)NC1CC1C. The molecule has 0 saturated heterocycles. The van der Waals surface area contributed by atoms with Gasteiger partial charge in [0.25, 0.3) is 0 Å². The summed E-state index contributed by atoms with van der Waals surface area (Å²) in [4.78, 5) is 6.71. The van der Waals surface area contributed by atoms with Crippen molar-refractivity contribution in [3.05, 3.63) is 0 Å². The Balaban J connectivity index is 2.14. The van der Waals surface area contributed by atoms with E-state index in [-0.39, 0.29) is 0 Å². The first-order chi connectivity index (χ1) is 8.21. The van der Waals surface area contributed by atoms with Gasteiger partial charge in [-0.25, -0.2) is 0 Å². The predicted octanol–water partition coefficient (Wildman–Crippen LogP) is 1.29. The van der Waals surface area contributed by atoms with E-state index in [0.29, 0.717) is 6.04 Å². The van der Waals surface area contributed by atoms with Crippen LogP contribution in [0.1, 0.15) is 33.6 Å². The molecule has 1 fully saturated rings. The molecule has 2 atom stereocenters. The molecule has 0 heterocycles. The van der Waals surface area contributed by atoms with Crippen molar-refractivity contribution >= 4 is 5.96 Å². The first kappa shape index (κ1) is 14.3. The number of guanidine groups is 1. The number of hydrogen-bond donors (Lipinski definition) is 2. The maximum absolute atomic E-state index is 4.25. The Hall–Kier alpha value is -0.770. The summed E-state index contributed by atoms with van der Waals surface area (Å²) < 4.78 is 0. The summed E-state index contributed by atoms with van der Waals surface area (Å²) in [5.74, 6) is 1.76. The fourth-order valence-electron chi connectivity index (χ4n) is 1.97. The lowest BCUT2D eigenvalue weighted by Crippen LogP contribution is -2.42. The summed E-state index contributed by atoms with van der Waals surface area (Å²) in [7, 11) is 1.84. The number of nitrogens with one attached hydrogen (secondary N) is 2. The molecule has 0 radical (unpaired) electrons. The predicted molar refractivity (Wildman–Crippen MR) is 74.5 cm³/mol. The second kappa shape index (κ2) is 7.54. The second-order valence-corrected chi connectivity index (χ2v) is 4.90. The summed E-state index contributed by atoms with van der Waals surface area (Å²) in [6, 6.07) is 0.638. The lowest BCUT2D eigenvalue weighted by Gasteiger charge is -2.20. The molecule has 100 valence electrons. The summed E-state index contributed by atoms with van der Waals surface area (Å²) in [6.45, 7) is 11.1. The van der Waals surface area contributed by atoms with Gasteiger partial charge in [0, 0.05) is 26.2 Å². The van der Waals surface area contributed by atoms with Gasteiger partial charge in [-0.2, -0.15) is 0 Å². The molecule has 1 aliphatic carbocycles. The Morgan fingerprint density at radius 1 is 1.35 bits per heavy atom. The van der Waals surface area contributed by atoms with Crippen LogP contribution in [0.2, 0.25) is 0 Å². The average Bonchev–Trinajstić information content (AvgIpc) is 3.02. The number of likely N-dealkylation sites (N-methyl/N-ethyl adjacent to an activating group) is 1. The summed E-state index contributed by atoms with van der Waals surface area (Å²) in [5, 5.41) is 6.82. The normalized spacial score (nSPS) is 23.9. The van der Waals surface area contributed by atoms with Crippen molar-refractivity contribution in [1.82, 2.24) is 15.5 Å². The van der Waals surface area contributed by atoms with E-state index in [1.807, 2.05) is 7.05 Å². The van der Waals surface area contributed by atoms with Crippen molar-refractivity contribution in [1.29, 1.82) is 0 Å². The minimum atomic E-state index is 0.638. The lowest BCUT2D eigenvalue weighted by atomic mass is 10.4. The van der Waals surface area contributed by atoms with Gasteiger partial charge in [0.15, 0.2) is 5.96 Å². The molecular weight excluding hydrogens is 212 g/mol. The maximum Gasteiger partial charge on any atom is 0.191 e. The van der Waals surface area contributed by atoms with Gasteiger partial charge < -0.3 is 15.5 Å². The van der Waals surface area contributed by atoms with Gasteiger partial charge in [0.2, 0.25) is 0 Å². The van der Waals surface area contributed by atoms with Gasteiger partial charge in [-0.05, 0) is 31.8 Å². The number of hydrogen-bond acceptors (Lipinski definition) is 2. The highest BCUT2D eigenvalue weighted by Gasteiger charge is 2.33. The van der Waals surface area contributed by atoms with Gasteiger partial charge in [-0.1, -0.05) is 20.8 Å². The number of rotatable bonds is 7. The quantitative estimate of drug-likeness (QED) is 0.520. The molecule has 17 heavy (non-hydrogen) atoms. The summed E-state index contributed by atoms with van der Waals surface area (Å²) in [5.41, 5.74) is 0. The molecule has 4 nitrogen and oxygen atoms in total. The van der Waals surface area contributed by atoms with E-state index in [2.05, 4.69) is 41.3 Å². The number of aliphatic imine (C=N–C) groups is 1. The molecule has 2 unspecified atom stereocenters. The minimum Gasteiger partial charge on any atom is -0.355 e. The Bertz CT molecular complexity index is 240. The van der Waals surface area contributed by atoms with Crippen LogP contribution in [0.25, 0.3) is 0 Å². The van der Waals surface area contributed by atoms with Crippen molar-refractivity contribution < 1.29 is 0 Å². The van der Waals surface area contributed by atoms with Crippen molar-refractivity contribution in [3.63, 3.8) is 0 Å². The minimum absolute atomic E-state index is 0.638. The van der Waals surface area contributed by atoms with Gasteiger partial charge in [0.1, 0.15) is 0 Å². The average molecular weight is 240 g/mol. The highest BCUT2D eigenvalue weighted by molar-refractivity contribution is 5.80. The molecule has 1 saturated carbocycles. The Morgan fingerprint density at radius 2 is 2.06 bits per heavy atom. The zero-order valence-electron chi connectivity index (χ0n) is 11.8. The van der Waals surface area contributed by atoms with Gasteiger partial charge >= 0.3 is 0 Å². The van der Waals surface area contributed by atoms with E-state index in [0.717, 1.165) is 31.5 Å². The van der Waals surface area contributed by atoms with E-state index >= 15 is 0 Å². The molecule has 4 heteroatoms. The molecule has 2 N–H and O–H groups in total. The van der Waals surface area contributed by atoms with Crippen molar-refractivity contribution in [2.75, 3.05) is 33.2 Å². The van der Waals surface area contributed by atoms with Crippen LogP contribution in [0.15, 0.2) is 4.99 Å². The van der Waals surface area contributed by atoms with E-state index in [4.69, 9.17) is 0 Å². The second-order valence-electron chi connectivity index (χ2n) is 4.90. The molecule has 0 aliphatic heterocycles. The first-order valence-electron chi connectivity index (χ1n) is 6.90.